The minimum atomic E-state index is -0.0112. The summed E-state index contributed by atoms with van der Waals surface area (Å²) in [6.45, 7) is 6.71. The predicted octanol–water partition coefficient (Wildman–Crippen LogP) is 4.44. The average molecular weight is 268 g/mol. The zero-order valence-electron chi connectivity index (χ0n) is 12.6. The van der Waals surface area contributed by atoms with E-state index in [1.165, 1.54) is 30.7 Å². The van der Waals surface area contributed by atoms with E-state index in [4.69, 9.17) is 4.99 Å². The molecule has 2 aliphatic rings. The van der Waals surface area contributed by atoms with E-state index in [-0.39, 0.29) is 5.41 Å². The van der Waals surface area contributed by atoms with Crippen LogP contribution in [0.5, 0.6) is 0 Å². The third-order valence-corrected chi connectivity index (χ3v) is 4.67. The maximum absolute atomic E-state index is 5.01. The topological polar surface area (TPSA) is 15.6 Å². The van der Waals surface area contributed by atoms with Crippen molar-refractivity contribution in [2.75, 3.05) is 13.1 Å². The van der Waals surface area contributed by atoms with Gasteiger partial charge in [-0.3, -0.25) is 0 Å². The molecule has 0 N–H and O–H groups in total. The molecule has 1 unspecified atom stereocenters. The maximum Gasteiger partial charge on any atom is 0.119 e. The van der Waals surface area contributed by atoms with Crippen molar-refractivity contribution in [1.82, 2.24) is 4.90 Å². The van der Waals surface area contributed by atoms with Gasteiger partial charge in [-0.1, -0.05) is 37.3 Å². The minimum absolute atomic E-state index is 0.0112. The highest BCUT2D eigenvalue weighted by Gasteiger charge is 2.42. The number of likely N-dealkylation sites (tertiary alicyclic amines) is 1. The minimum Gasteiger partial charge on any atom is -0.359 e. The molecule has 1 fully saturated rings. The molecule has 0 aliphatic carbocycles. The summed E-state index contributed by atoms with van der Waals surface area (Å²) in [7, 11) is 0. The maximum atomic E-state index is 5.01. The standard InChI is InChI=1S/C18H24N2/c1-3-12-18(4-2)15-10-6-7-11-16(15)19-17(18)20-13-8-5-9-14-20/h3,6-7,10-12H,4-5,8-9,13-14H2,1-2H3/b12-3+. The largest absolute Gasteiger partial charge is 0.359 e. The summed E-state index contributed by atoms with van der Waals surface area (Å²) in [5, 5.41) is 0. The van der Waals surface area contributed by atoms with E-state index in [1.54, 1.807) is 0 Å². The van der Waals surface area contributed by atoms with E-state index < -0.39 is 0 Å². The molecule has 0 aromatic heterocycles. The molecule has 20 heavy (non-hydrogen) atoms. The highest BCUT2D eigenvalue weighted by molar-refractivity contribution is 6.02. The Morgan fingerprint density at radius 1 is 1.20 bits per heavy atom. The van der Waals surface area contributed by atoms with Gasteiger partial charge in [0.1, 0.15) is 5.84 Å². The van der Waals surface area contributed by atoms with Crippen LogP contribution in [0.3, 0.4) is 0 Å². The Kier molecular flexibility index (Phi) is 3.64. The molecule has 0 bridgehead atoms. The number of rotatable bonds is 2. The quantitative estimate of drug-likeness (QED) is 0.724. The van der Waals surface area contributed by atoms with Crippen LogP contribution < -0.4 is 0 Å². The molecule has 0 saturated carbocycles. The SMILES string of the molecule is C/C=C/C1(CC)C(N2CCCCC2)=Nc2ccccc21. The van der Waals surface area contributed by atoms with Crippen molar-refractivity contribution in [3.8, 4) is 0 Å². The van der Waals surface area contributed by atoms with Crippen LogP contribution in [-0.2, 0) is 5.41 Å². The molecular formula is C18H24N2. The third-order valence-electron chi connectivity index (χ3n) is 4.67. The van der Waals surface area contributed by atoms with E-state index in [1.807, 2.05) is 0 Å². The van der Waals surface area contributed by atoms with Gasteiger partial charge in [-0.2, -0.15) is 0 Å². The number of fused-ring (bicyclic) bond motifs is 1. The first-order chi connectivity index (χ1) is 9.81. The summed E-state index contributed by atoms with van der Waals surface area (Å²) >= 11 is 0. The molecule has 0 amide bonds. The van der Waals surface area contributed by atoms with Gasteiger partial charge in [0, 0.05) is 13.1 Å². The molecule has 1 aromatic rings. The van der Waals surface area contributed by atoms with E-state index >= 15 is 0 Å². The number of aliphatic imine (C=N–C) groups is 1. The lowest BCUT2D eigenvalue weighted by Gasteiger charge is -2.37. The molecule has 3 rings (SSSR count). The van der Waals surface area contributed by atoms with Crippen LogP contribution in [0, 0.1) is 0 Å². The highest BCUT2D eigenvalue weighted by atomic mass is 15.2. The zero-order valence-corrected chi connectivity index (χ0v) is 12.6. The van der Waals surface area contributed by atoms with Crippen LogP contribution in [0.1, 0.15) is 45.1 Å². The van der Waals surface area contributed by atoms with E-state index in [9.17, 15) is 0 Å². The van der Waals surface area contributed by atoms with Crippen molar-refractivity contribution in [3.63, 3.8) is 0 Å². The summed E-state index contributed by atoms with van der Waals surface area (Å²) in [5.74, 6) is 1.28. The van der Waals surface area contributed by atoms with Crippen LogP contribution >= 0.6 is 0 Å². The summed E-state index contributed by atoms with van der Waals surface area (Å²) in [6, 6.07) is 8.64. The number of allylic oxidation sites excluding steroid dienone is 1. The van der Waals surface area contributed by atoms with Crippen molar-refractivity contribution in [2.24, 2.45) is 4.99 Å². The molecule has 2 heterocycles. The van der Waals surface area contributed by atoms with Crippen molar-refractivity contribution >= 4 is 11.5 Å². The van der Waals surface area contributed by atoms with Gasteiger partial charge in [0.2, 0.25) is 0 Å². The number of hydrogen-bond acceptors (Lipinski definition) is 2. The Hall–Kier alpha value is -1.57. The normalized spacial score (nSPS) is 25.9. The van der Waals surface area contributed by atoms with Crippen LogP contribution in [0.4, 0.5) is 5.69 Å². The number of piperidine rings is 1. The van der Waals surface area contributed by atoms with Crippen LogP contribution in [0.2, 0.25) is 0 Å². The predicted molar refractivity (Wildman–Crippen MR) is 85.7 cm³/mol. The number of hydrogen-bond donors (Lipinski definition) is 0. The first kappa shape index (κ1) is 13.4. The monoisotopic (exact) mass is 268 g/mol. The Morgan fingerprint density at radius 2 is 1.95 bits per heavy atom. The van der Waals surface area contributed by atoms with E-state index in [2.05, 4.69) is 55.2 Å². The van der Waals surface area contributed by atoms with Crippen LogP contribution in [-0.4, -0.2) is 23.8 Å². The van der Waals surface area contributed by atoms with E-state index in [0.29, 0.717) is 0 Å². The Balaban J connectivity index is 2.08. The lowest BCUT2D eigenvalue weighted by atomic mass is 9.77. The second kappa shape index (κ2) is 5.43. The molecule has 0 spiro atoms. The van der Waals surface area contributed by atoms with Gasteiger partial charge in [0.25, 0.3) is 0 Å². The number of para-hydroxylation sites is 1. The summed E-state index contributed by atoms with van der Waals surface area (Å²) < 4.78 is 0. The number of benzene rings is 1. The molecule has 0 radical (unpaired) electrons. The van der Waals surface area contributed by atoms with Crippen molar-refractivity contribution in [2.45, 2.75) is 44.9 Å². The summed E-state index contributed by atoms with van der Waals surface area (Å²) in [6.07, 6.45) is 9.57. The van der Waals surface area contributed by atoms with Crippen molar-refractivity contribution < 1.29 is 0 Å². The molecular weight excluding hydrogens is 244 g/mol. The van der Waals surface area contributed by atoms with Gasteiger partial charge in [-0.15, -0.1) is 0 Å². The second-order valence-electron chi connectivity index (χ2n) is 5.83. The Bertz CT molecular complexity index is 538. The van der Waals surface area contributed by atoms with Gasteiger partial charge in [-0.25, -0.2) is 4.99 Å². The lowest BCUT2D eigenvalue weighted by molar-refractivity contribution is 0.326. The first-order valence-electron chi connectivity index (χ1n) is 7.89. The Labute approximate surface area is 122 Å². The fourth-order valence-electron chi connectivity index (χ4n) is 3.66. The molecule has 1 atom stereocenters. The summed E-state index contributed by atoms with van der Waals surface area (Å²) in [4.78, 5) is 7.53. The molecule has 1 saturated heterocycles. The molecule has 2 heteroatoms. The lowest BCUT2D eigenvalue weighted by Crippen LogP contribution is -2.45. The van der Waals surface area contributed by atoms with E-state index in [0.717, 1.165) is 25.2 Å². The van der Waals surface area contributed by atoms with Crippen molar-refractivity contribution in [1.29, 1.82) is 0 Å². The van der Waals surface area contributed by atoms with Crippen LogP contribution in [0.15, 0.2) is 41.4 Å². The molecule has 2 nitrogen and oxygen atoms in total. The van der Waals surface area contributed by atoms with Gasteiger partial charge >= 0.3 is 0 Å². The summed E-state index contributed by atoms with van der Waals surface area (Å²) in [5.41, 5.74) is 2.53. The number of amidine groups is 1. The first-order valence-corrected chi connectivity index (χ1v) is 7.89. The average Bonchev–Trinajstić information content (AvgIpc) is 2.84. The van der Waals surface area contributed by atoms with Crippen LogP contribution in [0.25, 0.3) is 0 Å². The molecule has 106 valence electrons. The smallest absolute Gasteiger partial charge is 0.119 e. The van der Waals surface area contributed by atoms with Gasteiger partial charge in [0.05, 0.1) is 11.1 Å². The van der Waals surface area contributed by atoms with Gasteiger partial charge in [-0.05, 0) is 44.2 Å². The number of nitrogens with zero attached hydrogens (tertiary/aromatic N) is 2. The van der Waals surface area contributed by atoms with Gasteiger partial charge in [0.15, 0.2) is 0 Å². The zero-order chi connectivity index (χ0) is 14.0. The highest BCUT2D eigenvalue weighted by Crippen LogP contribution is 2.44. The molecule has 2 aliphatic heterocycles. The van der Waals surface area contributed by atoms with Crippen molar-refractivity contribution in [3.05, 3.63) is 42.0 Å². The Morgan fingerprint density at radius 3 is 2.65 bits per heavy atom. The fraction of sp³-hybridized carbons (Fsp3) is 0.500. The molecule has 1 aromatic carbocycles. The fourth-order valence-corrected chi connectivity index (χ4v) is 3.66. The second-order valence-corrected chi connectivity index (χ2v) is 5.83. The van der Waals surface area contributed by atoms with Gasteiger partial charge < -0.3 is 4.90 Å². The third kappa shape index (κ3) is 1.98.